The number of H-pyrrole nitrogens is 1. The quantitative estimate of drug-likeness (QED) is 0.715. The van der Waals surface area contributed by atoms with E-state index in [1.165, 1.54) is 19.1 Å². The van der Waals surface area contributed by atoms with Gasteiger partial charge in [0, 0.05) is 19.0 Å². The third-order valence-corrected chi connectivity index (χ3v) is 3.74. The smallest absolute Gasteiger partial charge is 0.341 e. The van der Waals surface area contributed by atoms with Crippen LogP contribution in [0.5, 0.6) is 0 Å². The normalized spacial score (nSPS) is 10.4. The number of rotatable bonds is 6. The lowest BCUT2D eigenvalue weighted by atomic mass is 10.1. The Hall–Kier alpha value is -3.26. The van der Waals surface area contributed by atoms with Crippen molar-refractivity contribution in [3.05, 3.63) is 52.3 Å². The largest absolute Gasteiger partial charge is 0.477 e. The number of aromatic carboxylic acids is 1. The maximum Gasteiger partial charge on any atom is 0.341 e. The minimum absolute atomic E-state index is 0.168. The topological polar surface area (TPSA) is 134 Å². The van der Waals surface area contributed by atoms with E-state index >= 15 is 0 Å². The van der Waals surface area contributed by atoms with E-state index in [4.69, 9.17) is 10.8 Å². The van der Waals surface area contributed by atoms with Gasteiger partial charge >= 0.3 is 5.97 Å². The molecule has 2 amide bonds. The van der Waals surface area contributed by atoms with Gasteiger partial charge in [-0.3, -0.25) is 19.3 Å². The van der Waals surface area contributed by atoms with E-state index in [9.17, 15) is 19.2 Å². The summed E-state index contributed by atoms with van der Waals surface area (Å²) in [5, 5.41) is 8.89. The number of benzene rings is 1. The molecule has 0 aliphatic carbocycles. The molecule has 0 bridgehead atoms. The van der Waals surface area contributed by atoms with Gasteiger partial charge in [-0.15, -0.1) is 0 Å². The molecule has 0 saturated heterocycles. The average molecular weight is 357 g/mol. The lowest BCUT2D eigenvalue weighted by Crippen LogP contribution is -2.35. The van der Waals surface area contributed by atoms with Crippen molar-refractivity contribution in [2.45, 2.75) is 19.8 Å². The van der Waals surface area contributed by atoms with Crippen LogP contribution in [-0.2, 0) is 9.59 Å². The van der Waals surface area contributed by atoms with Gasteiger partial charge in [-0.05, 0) is 42.8 Å². The molecular formula is C18H19N3O5. The zero-order valence-electron chi connectivity index (χ0n) is 14.2. The first kappa shape index (κ1) is 19.1. The number of aromatic amines is 1. The van der Waals surface area contributed by atoms with E-state index in [2.05, 4.69) is 4.98 Å². The molecule has 0 spiro atoms. The van der Waals surface area contributed by atoms with Crippen LogP contribution < -0.4 is 16.2 Å². The molecule has 4 N–H and O–H groups in total. The maximum absolute atomic E-state index is 12.2. The van der Waals surface area contributed by atoms with Crippen LogP contribution in [0, 0.1) is 0 Å². The second kappa shape index (κ2) is 8.21. The second-order valence-corrected chi connectivity index (χ2v) is 5.61. The number of pyridine rings is 1. The number of nitrogens with one attached hydrogen (secondary N) is 1. The lowest BCUT2D eigenvalue weighted by molar-refractivity contribution is -0.125. The van der Waals surface area contributed by atoms with E-state index in [-0.39, 0.29) is 17.9 Å². The summed E-state index contributed by atoms with van der Waals surface area (Å²) in [5.74, 6) is -2.05. The molecule has 2 rings (SSSR count). The molecule has 0 saturated carbocycles. The summed E-state index contributed by atoms with van der Waals surface area (Å²) in [5.41, 5.74) is 5.79. The van der Waals surface area contributed by atoms with Crippen molar-refractivity contribution in [1.82, 2.24) is 4.98 Å². The van der Waals surface area contributed by atoms with Gasteiger partial charge in [0.25, 0.3) is 5.56 Å². The average Bonchev–Trinajstić information content (AvgIpc) is 2.60. The van der Waals surface area contributed by atoms with Crippen LogP contribution in [0.1, 0.15) is 30.1 Å². The summed E-state index contributed by atoms with van der Waals surface area (Å²) in [7, 11) is 0. The molecule has 8 nitrogen and oxygen atoms in total. The highest BCUT2D eigenvalue weighted by atomic mass is 16.4. The molecule has 0 atom stereocenters. The molecule has 0 aliphatic rings. The number of carboxylic acid groups (broad SMARTS) is 1. The Kier molecular flexibility index (Phi) is 6.03. The molecular weight excluding hydrogens is 338 g/mol. The molecule has 0 fully saturated rings. The van der Waals surface area contributed by atoms with Gasteiger partial charge in [0.1, 0.15) is 5.56 Å². The van der Waals surface area contributed by atoms with E-state index in [0.29, 0.717) is 29.9 Å². The van der Waals surface area contributed by atoms with Gasteiger partial charge in [0.2, 0.25) is 11.8 Å². The molecule has 26 heavy (non-hydrogen) atoms. The van der Waals surface area contributed by atoms with Crippen molar-refractivity contribution in [2.24, 2.45) is 5.73 Å². The van der Waals surface area contributed by atoms with Gasteiger partial charge in [-0.25, -0.2) is 4.79 Å². The van der Waals surface area contributed by atoms with Crippen LogP contribution in [0.4, 0.5) is 5.69 Å². The summed E-state index contributed by atoms with van der Waals surface area (Å²) in [6.45, 7) is 1.66. The zero-order chi connectivity index (χ0) is 19.3. The third kappa shape index (κ3) is 4.22. The number of nitrogens with zero attached hydrogens (tertiary/aromatic N) is 1. The summed E-state index contributed by atoms with van der Waals surface area (Å²) in [6, 6.07) is 9.14. The summed E-state index contributed by atoms with van der Waals surface area (Å²) >= 11 is 0. The number of anilines is 1. The van der Waals surface area contributed by atoms with Crippen LogP contribution in [-0.4, -0.2) is 34.4 Å². The number of amides is 2. The summed E-state index contributed by atoms with van der Waals surface area (Å²) in [6.07, 6.45) is 0.652. The summed E-state index contributed by atoms with van der Waals surface area (Å²) < 4.78 is 0. The molecule has 0 aliphatic heterocycles. The number of aromatic nitrogens is 1. The van der Waals surface area contributed by atoms with E-state index < -0.39 is 17.4 Å². The van der Waals surface area contributed by atoms with Gasteiger partial charge in [0.15, 0.2) is 0 Å². The first-order valence-electron chi connectivity index (χ1n) is 7.95. The van der Waals surface area contributed by atoms with E-state index in [0.717, 1.165) is 4.90 Å². The molecule has 0 unspecified atom stereocenters. The predicted molar refractivity (Wildman–Crippen MR) is 95.9 cm³/mol. The molecule has 136 valence electrons. The summed E-state index contributed by atoms with van der Waals surface area (Å²) in [4.78, 5) is 50.2. The van der Waals surface area contributed by atoms with Crippen LogP contribution in [0.15, 0.2) is 41.2 Å². The van der Waals surface area contributed by atoms with Crippen molar-refractivity contribution in [1.29, 1.82) is 0 Å². The van der Waals surface area contributed by atoms with E-state index in [1.54, 1.807) is 24.3 Å². The van der Waals surface area contributed by atoms with Crippen LogP contribution in [0.3, 0.4) is 0 Å². The fraction of sp³-hybridized carbons (Fsp3) is 0.222. The Bertz CT molecular complexity index is 886. The first-order valence-corrected chi connectivity index (χ1v) is 7.95. The van der Waals surface area contributed by atoms with Gasteiger partial charge in [-0.1, -0.05) is 12.1 Å². The second-order valence-electron chi connectivity index (χ2n) is 5.61. The number of nitrogens with two attached hydrogens (primary N) is 1. The van der Waals surface area contributed by atoms with Gasteiger partial charge < -0.3 is 15.8 Å². The Morgan fingerprint density at radius 3 is 2.27 bits per heavy atom. The minimum Gasteiger partial charge on any atom is -0.477 e. The molecule has 1 aromatic carbocycles. The third-order valence-electron chi connectivity index (χ3n) is 3.74. The van der Waals surface area contributed by atoms with Gasteiger partial charge in [-0.2, -0.15) is 0 Å². The SMILES string of the molecule is CC(=O)N(C(=O)CCCN)c1ccc(-c2ccc(C(=O)O)c(=O)[nH]2)cc1. The Labute approximate surface area is 149 Å². The number of carbonyl (C=O) groups is 3. The minimum atomic E-state index is -1.30. The highest BCUT2D eigenvalue weighted by Crippen LogP contribution is 2.22. The van der Waals surface area contributed by atoms with Crippen molar-refractivity contribution >= 4 is 23.5 Å². The van der Waals surface area contributed by atoms with Crippen LogP contribution >= 0.6 is 0 Å². The van der Waals surface area contributed by atoms with Crippen molar-refractivity contribution < 1.29 is 19.5 Å². The molecule has 1 aromatic heterocycles. The number of imide groups is 1. The lowest BCUT2D eigenvalue weighted by Gasteiger charge is -2.19. The van der Waals surface area contributed by atoms with Gasteiger partial charge in [0.05, 0.1) is 5.69 Å². The number of hydrogen-bond donors (Lipinski definition) is 3. The molecule has 0 radical (unpaired) electrons. The maximum atomic E-state index is 12.2. The monoisotopic (exact) mass is 357 g/mol. The first-order chi connectivity index (χ1) is 12.3. The Morgan fingerprint density at radius 1 is 1.12 bits per heavy atom. The van der Waals surface area contributed by atoms with Crippen LogP contribution in [0.2, 0.25) is 0 Å². The van der Waals surface area contributed by atoms with E-state index in [1.807, 2.05) is 0 Å². The highest BCUT2D eigenvalue weighted by molar-refractivity contribution is 6.14. The molecule has 8 heteroatoms. The Morgan fingerprint density at radius 2 is 1.77 bits per heavy atom. The van der Waals surface area contributed by atoms with Crippen molar-refractivity contribution in [2.75, 3.05) is 11.4 Å². The standard InChI is InChI=1S/C18H19N3O5/c1-11(22)21(16(23)3-2-10-19)13-6-4-12(5-7-13)15-9-8-14(18(25)26)17(24)20-15/h4-9H,2-3,10,19H2,1H3,(H,20,24)(H,25,26). The Balaban J connectivity index is 2.30. The van der Waals surface area contributed by atoms with Crippen molar-refractivity contribution in [3.63, 3.8) is 0 Å². The predicted octanol–water partition coefficient (Wildman–Crippen LogP) is 1.36. The fourth-order valence-corrected chi connectivity index (χ4v) is 2.47. The fourth-order valence-electron chi connectivity index (χ4n) is 2.47. The number of carbonyl (C=O) groups excluding carboxylic acids is 2. The molecule has 2 aromatic rings. The van der Waals surface area contributed by atoms with Crippen molar-refractivity contribution in [3.8, 4) is 11.3 Å². The zero-order valence-corrected chi connectivity index (χ0v) is 14.2. The highest BCUT2D eigenvalue weighted by Gasteiger charge is 2.19. The number of carboxylic acids is 1. The number of hydrogen-bond acceptors (Lipinski definition) is 5. The molecule has 1 heterocycles. The van der Waals surface area contributed by atoms with Crippen LogP contribution in [0.25, 0.3) is 11.3 Å².